The fourth-order valence-electron chi connectivity index (χ4n) is 3.64. The van der Waals surface area contributed by atoms with Gasteiger partial charge in [-0.25, -0.2) is 0 Å². The molecule has 0 radical (unpaired) electrons. The van der Waals surface area contributed by atoms with Gasteiger partial charge in [0.05, 0.1) is 16.5 Å². The first-order valence-corrected chi connectivity index (χ1v) is 11.5. The van der Waals surface area contributed by atoms with E-state index in [2.05, 4.69) is 11.4 Å². The van der Waals surface area contributed by atoms with Crippen molar-refractivity contribution in [2.45, 2.75) is 72.5 Å². The smallest absolute Gasteiger partial charge is 0.243 e. The summed E-state index contributed by atoms with van der Waals surface area (Å²) in [6, 6.07) is 10.9. The number of carbonyl (C=O) groups is 2. The van der Waals surface area contributed by atoms with E-state index in [4.69, 9.17) is 23.2 Å². The third kappa shape index (κ3) is 7.26. The van der Waals surface area contributed by atoms with Gasteiger partial charge in [-0.15, -0.1) is 0 Å². The van der Waals surface area contributed by atoms with Gasteiger partial charge >= 0.3 is 0 Å². The average molecular weight is 463 g/mol. The van der Waals surface area contributed by atoms with Gasteiger partial charge in [-0.2, -0.15) is 0 Å². The minimum atomic E-state index is -0.568. The van der Waals surface area contributed by atoms with Gasteiger partial charge in [-0.3, -0.25) is 9.59 Å². The van der Waals surface area contributed by atoms with Gasteiger partial charge in [-0.05, 0) is 56.9 Å². The van der Waals surface area contributed by atoms with E-state index >= 15 is 0 Å². The summed E-state index contributed by atoms with van der Waals surface area (Å²) < 4.78 is 0. The summed E-state index contributed by atoms with van der Waals surface area (Å²) in [6.45, 7) is 10.2. The Morgan fingerprint density at radius 3 is 2.13 bits per heavy atom. The average Bonchev–Trinajstić information content (AvgIpc) is 2.69. The highest BCUT2D eigenvalue weighted by atomic mass is 35.5. The van der Waals surface area contributed by atoms with Gasteiger partial charge in [0.25, 0.3) is 0 Å². The van der Waals surface area contributed by atoms with Crippen molar-refractivity contribution >= 4 is 35.0 Å². The molecule has 6 heteroatoms. The first-order chi connectivity index (χ1) is 14.6. The summed E-state index contributed by atoms with van der Waals surface area (Å²) in [6.07, 6.45) is 1.57. The number of hydrogen-bond donors (Lipinski definition) is 1. The third-order valence-electron chi connectivity index (χ3n) is 5.36. The number of aryl methyl sites for hydroxylation is 2. The van der Waals surface area contributed by atoms with Crippen LogP contribution in [0.15, 0.2) is 36.4 Å². The van der Waals surface area contributed by atoms with Crippen LogP contribution in [-0.2, 0) is 22.6 Å². The minimum absolute atomic E-state index is 0.0444. The molecule has 0 fully saturated rings. The molecule has 0 heterocycles. The molecule has 0 aliphatic rings. The van der Waals surface area contributed by atoms with E-state index < -0.39 is 6.04 Å². The van der Waals surface area contributed by atoms with Crippen LogP contribution in [0.2, 0.25) is 10.0 Å². The zero-order valence-electron chi connectivity index (χ0n) is 19.0. The summed E-state index contributed by atoms with van der Waals surface area (Å²) in [4.78, 5) is 28.1. The van der Waals surface area contributed by atoms with Gasteiger partial charge in [-0.1, -0.05) is 72.4 Å². The first-order valence-electron chi connectivity index (χ1n) is 10.8. The van der Waals surface area contributed by atoms with Crippen molar-refractivity contribution in [2.75, 3.05) is 0 Å². The highest BCUT2D eigenvalue weighted by Crippen LogP contribution is 2.24. The molecule has 0 aliphatic heterocycles. The molecule has 2 atom stereocenters. The van der Waals surface area contributed by atoms with E-state index in [0.717, 1.165) is 28.7 Å². The predicted octanol–water partition coefficient (Wildman–Crippen LogP) is 5.87. The molecule has 0 bridgehead atoms. The van der Waals surface area contributed by atoms with Crippen LogP contribution < -0.4 is 5.32 Å². The largest absolute Gasteiger partial charge is 0.352 e. The van der Waals surface area contributed by atoms with E-state index in [-0.39, 0.29) is 30.8 Å². The lowest BCUT2D eigenvalue weighted by Gasteiger charge is -2.31. The molecular formula is C25H32Cl2N2O2. The number of nitrogens with zero attached hydrogens (tertiary/aromatic N) is 1. The number of amides is 2. The van der Waals surface area contributed by atoms with Crippen LogP contribution >= 0.6 is 23.2 Å². The van der Waals surface area contributed by atoms with Gasteiger partial charge < -0.3 is 10.2 Å². The van der Waals surface area contributed by atoms with E-state index in [1.54, 1.807) is 17.0 Å². The lowest BCUT2D eigenvalue weighted by Crippen LogP contribution is -2.51. The fourth-order valence-corrected chi connectivity index (χ4v) is 3.96. The third-order valence-corrected chi connectivity index (χ3v) is 6.10. The standard InChI is InChI=1S/C25H32Cl2N2O2/c1-6-18(5)28-25(31)23(7-2)29(15-19-8-9-21(26)22(27)13-19)24(30)14-20-11-16(3)10-17(4)12-20/h8-13,18,23H,6-7,14-15H2,1-5H3,(H,28,31)/t18-,23+/m0/s1. The van der Waals surface area contributed by atoms with Crippen LogP contribution in [0.4, 0.5) is 0 Å². The molecule has 2 amide bonds. The molecule has 0 saturated carbocycles. The van der Waals surface area contributed by atoms with E-state index in [0.29, 0.717) is 16.5 Å². The molecule has 4 nitrogen and oxygen atoms in total. The summed E-state index contributed by atoms with van der Waals surface area (Å²) in [5, 5.41) is 3.91. The zero-order chi connectivity index (χ0) is 23.1. The Morgan fingerprint density at radius 2 is 1.58 bits per heavy atom. The molecule has 31 heavy (non-hydrogen) atoms. The molecule has 0 aliphatic carbocycles. The molecule has 2 rings (SSSR count). The Bertz CT molecular complexity index is 909. The lowest BCUT2D eigenvalue weighted by atomic mass is 10.0. The molecule has 0 unspecified atom stereocenters. The maximum absolute atomic E-state index is 13.4. The van der Waals surface area contributed by atoms with Crippen molar-refractivity contribution in [1.29, 1.82) is 0 Å². The van der Waals surface area contributed by atoms with Crippen LogP contribution in [0.3, 0.4) is 0 Å². The molecule has 0 spiro atoms. The van der Waals surface area contributed by atoms with E-state index in [9.17, 15) is 9.59 Å². The first kappa shape index (κ1) is 25.2. The van der Waals surface area contributed by atoms with Crippen molar-refractivity contribution in [3.05, 3.63) is 68.7 Å². The van der Waals surface area contributed by atoms with Crippen LogP contribution in [0, 0.1) is 13.8 Å². The molecule has 0 aromatic heterocycles. The van der Waals surface area contributed by atoms with E-state index in [1.165, 1.54) is 0 Å². The number of nitrogens with one attached hydrogen (secondary N) is 1. The maximum atomic E-state index is 13.4. The number of benzene rings is 2. The molecule has 1 N–H and O–H groups in total. The monoisotopic (exact) mass is 462 g/mol. The quantitative estimate of drug-likeness (QED) is 0.505. The van der Waals surface area contributed by atoms with Crippen molar-refractivity contribution in [1.82, 2.24) is 10.2 Å². The molecule has 2 aromatic carbocycles. The number of carbonyl (C=O) groups excluding carboxylic acids is 2. The van der Waals surface area contributed by atoms with Gasteiger partial charge in [0, 0.05) is 12.6 Å². The van der Waals surface area contributed by atoms with Gasteiger partial charge in [0.1, 0.15) is 6.04 Å². The van der Waals surface area contributed by atoms with Crippen LogP contribution in [0.25, 0.3) is 0 Å². The fraction of sp³-hybridized carbons (Fsp3) is 0.440. The highest BCUT2D eigenvalue weighted by molar-refractivity contribution is 6.42. The normalized spacial score (nSPS) is 12.9. The topological polar surface area (TPSA) is 49.4 Å². The molecule has 168 valence electrons. The lowest BCUT2D eigenvalue weighted by molar-refractivity contribution is -0.141. The highest BCUT2D eigenvalue weighted by Gasteiger charge is 2.29. The van der Waals surface area contributed by atoms with Crippen LogP contribution in [0.5, 0.6) is 0 Å². The van der Waals surface area contributed by atoms with Crippen molar-refractivity contribution < 1.29 is 9.59 Å². The predicted molar refractivity (Wildman–Crippen MR) is 129 cm³/mol. The second kappa shape index (κ2) is 11.5. The van der Waals surface area contributed by atoms with Crippen molar-refractivity contribution in [3.8, 4) is 0 Å². The number of hydrogen-bond acceptors (Lipinski definition) is 2. The SMILES string of the molecule is CC[C@H](C(=O)N[C@@H](C)CC)N(Cc1ccc(Cl)c(Cl)c1)C(=O)Cc1cc(C)cc(C)c1. The van der Waals surface area contributed by atoms with Crippen molar-refractivity contribution in [2.24, 2.45) is 0 Å². The van der Waals surface area contributed by atoms with Crippen LogP contribution in [-0.4, -0.2) is 28.8 Å². The number of halogens is 2. The molecule has 2 aromatic rings. The zero-order valence-corrected chi connectivity index (χ0v) is 20.5. The van der Waals surface area contributed by atoms with Crippen LogP contribution in [0.1, 0.15) is 55.9 Å². The van der Waals surface area contributed by atoms with Gasteiger partial charge in [0.2, 0.25) is 11.8 Å². The Balaban J connectivity index is 2.35. The summed E-state index contributed by atoms with van der Waals surface area (Å²) in [5.41, 5.74) is 4.00. The maximum Gasteiger partial charge on any atom is 0.243 e. The second-order valence-electron chi connectivity index (χ2n) is 8.18. The summed E-state index contributed by atoms with van der Waals surface area (Å²) in [5.74, 6) is -0.229. The Kier molecular flexibility index (Phi) is 9.39. The summed E-state index contributed by atoms with van der Waals surface area (Å²) >= 11 is 12.2. The Morgan fingerprint density at radius 1 is 0.935 bits per heavy atom. The summed E-state index contributed by atoms with van der Waals surface area (Å²) in [7, 11) is 0. The van der Waals surface area contributed by atoms with Gasteiger partial charge in [0.15, 0.2) is 0 Å². The minimum Gasteiger partial charge on any atom is -0.352 e. The number of rotatable bonds is 9. The second-order valence-corrected chi connectivity index (χ2v) is 9.00. The van der Waals surface area contributed by atoms with Crippen molar-refractivity contribution in [3.63, 3.8) is 0 Å². The molecule has 0 saturated heterocycles. The Labute approximate surface area is 195 Å². The molecular weight excluding hydrogens is 431 g/mol. The van der Waals surface area contributed by atoms with E-state index in [1.807, 2.05) is 52.8 Å². The Hall–Kier alpha value is -2.04.